The Labute approximate surface area is 120 Å². The number of halogens is 2. The molecule has 96 valence electrons. The highest BCUT2D eigenvalue weighted by Gasteiger charge is 2.14. The van der Waals surface area contributed by atoms with Crippen molar-refractivity contribution in [3.8, 4) is 11.3 Å². The molecule has 0 fully saturated rings. The summed E-state index contributed by atoms with van der Waals surface area (Å²) in [5.41, 5.74) is 1.87. The third-order valence-electron chi connectivity index (χ3n) is 2.52. The Morgan fingerprint density at radius 2 is 2.22 bits per heavy atom. The minimum atomic E-state index is 0.410. The lowest BCUT2D eigenvalue weighted by atomic mass is 10.1. The first kappa shape index (κ1) is 13.6. The quantitative estimate of drug-likeness (QED) is 0.911. The van der Waals surface area contributed by atoms with E-state index < -0.39 is 0 Å². The van der Waals surface area contributed by atoms with Gasteiger partial charge in [0.1, 0.15) is 0 Å². The third kappa shape index (κ3) is 3.13. The zero-order valence-corrected chi connectivity index (χ0v) is 12.5. The summed E-state index contributed by atoms with van der Waals surface area (Å²) in [5.74, 6) is 0.723. The minimum Gasteiger partial charge on any atom is -0.356 e. The van der Waals surface area contributed by atoms with Crippen LogP contribution < -0.4 is 5.32 Å². The molecule has 0 aliphatic heterocycles. The fraction of sp³-hybridized carbons (Fsp3) is 0.308. The predicted molar refractivity (Wildman–Crippen MR) is 76.6 cm³/mol. The molecule has 0 atom stereocenters. The summed E-state index contributed by atoms with van der Waals surface area (Å²) in [4.78, 5) is 0. The topological polar surface area (TPSA) is 38.1 Å². The molecule has 1 N–H and O–H groups in total. The van der Waals surface area contributed by atoms with E-state index in [4.69, 9.17) is 16.1 Å². The Balaban J connectivity index is 2.30. The highest BCUT2D eigenvalue weighted by atomic mass is 79.9. The highest BCUT2D eigenvalue weighted by Crippen LogP contribution is 2.32. The van der Waals surface area contributed by atoms with Crippen LogP contribution in [0.2, 0.25) is 5.02 Å². The van der Waals surface area contributed by atoms with Crippen molar-refractivity contribution < 1.29 is 4.52 Å². The molecular formula is C13H14BrClN2O. The molecule has 5 heteroatoms. The normalized spacial score (nSPS) is 11.2. The molecule has 18 heavy (non-hydrogen) atoms. The molecule has 0 bridgehead atoms. The lowest BCUT2D eigenvalue weighted by Crippen LogP contribution is -2.21. The highest BCUT2D eigenvalue weighted by molar-refractivity contribution is 9.10. The van der Waals surface area contributed by atoms with E-state index in [2.05, 4.69) is 40.3 Å². The van der Waals surface area contributed by atoms with Gasteiger partial charge in [-0.15, -0.1) is 0 Å². The Hall–Kier alpha value is -0.840. The van der Waals surface area contributed by atoms with Crippen molar-refractivity contribution in [3.05, 3.63) is 39.5 Å². The van der Waals surface area contributed by atoms with Crippen molar-refractivity contribution in [3.63, 3.8) is 0 Å². The van der Waals surface area contributed by atoms with Gasteiger partial charge in [-0.1, -0.05) is 46.5 Å². The summed E-state index contributed by atoms with van der Waals surface area (Å²) in [6, 6.07) is 6.11. The molecule has 0 saturated carbocycles. The molecule has 0 saturated heterocycles. The van der Waals surface area contributed by atoms with Crippen LogP contribution in [0.5, 0.6) is 0 Å². The van der Waals surface area contributed by atoms with Crippen molar-refractivity contribution >= 4 is 27.5 Å². The van der Waals surface area contributed by atoms with E-state index in [0.29, 0.717) is 17.6 Å². The lowest BCUT2D eigenvalue weighted by Gasteiger charge is -2.08. The minimum absolute atomic E-state index is 0.410. The summed E-state index contributed by atoms with van der Waals surface area (Å²) in [7, 11) is 0. The van der Waals surface area contributed by atoms with E-state index in [0.717, 1.165) is 21.4 Å². The zero-order valence-electron chi connectivity index (χ0n) is 10.2. The van der Waals surface area contributed by atoms with E-state index in [9.17, 15) is 0 Å². The molecule has 1 aromatic carbocycles. The van der Waals surface area contributed by atoms with Crippen molar-refractivity contribution in [2.45, 2.75) is 26.4 Å². The van der Waals surface area contributed by atoms with Crippen molar-refractivity contribution in [1.29, 1.82) is 0 Å². The van der Waals surface area contributed by atoms with Gasteiger partial charge in [-0.25, -0.2) is 0 Å². The number of nitrogens with one attached hydrogen (secondary N) is 1. The van der Waals surface area contributed by atoms with Crippen molar-refractivity contribution in [2.75, 3.05) is 0 Å². The van der Waals surface area contributed by atoms with Crippen LogP contribution in [0.1, 0.15) is 19.4 Å². The number of benzene rings is 1. The van der Waals surface area contributed by atoms with Gasteiger partial charge in [0.25, 0.3) is 0 Å². The predicted octanol–water partition coefficient (Wildman–Crippen LogP) is 4.26. The SMILES string of the molecule is CC(C)NCc1cnoc1-c1ccc(Br)cc1Cl. The van der Waals surface area contributed by atoms with Crippen LogP contribution in [0, 0.1) is 0 Å². The van der Waals surface area contributed by atoms with Gasteiger partial charge in [0.05, 0.1) is 11.2 Å². The van der Waals surface area contributed by atoms with E-state index in [-0.39, 0.29) is 0 Å². The third-order valence-corrected chi connectivity index (χ3v) is 3.33. The molecule has 1 aromatic heterocycles. The smallest absolute Gasteiger partial charge is 0.172 e. The van der Waals surface area contributed by atoms with Crippen LogP contribution in [-0.4, -0.2) is 11.2 Å². The van der Waals surface area contributed by atoms with Crippen LogP contribution in [0.15, 0.2) is 33.4 Å². The number of aromatic nitrogens is 1. The van der Waals surface area contributed by atoms with Crippen molar-refractivity contribution in [2.24, 2.45) is 0 Å². The Morgan fingerprint density at radius 1 is 1.44 bits per heavy atom. The monoisotopic (exact) mass is 328 g/mol. The van der Waals surface area contributed by atoms with Gasteiger partial charge in [0.2, 0.25) is 0 Å². The van der Waals surface area contributed by atoms with E-state index in [1.165, 1.54) is 0 Å². The van der Waals surface area contributed by atoms with Gasteiger partial charge in [-0.2, -0.15) is 0 Å². The average Bonchev–Trinajstić information content (AvgIpc) is 2.74. The maximum Gasteiger partial charge on any atom is 0.172 e. The van der Waals surface area contributed by atoms with E-state index >= 15 is 0 Å². The first-order valence-corrected chi connectivity index (χ1v) is 6.87. The number of nitrogens with zero attached hydrogens (tertiary/aromatic N) is 1. The standard InChI is InChI=1S/C13H14BrClN2O/c1-8(2)16-6-9-7-17-18-13(9)11-4-3-10(14)5-12(11)15/h3-5,7-8,16H,6H2,1-2H3. The van der Waals surface area contributed by atoms with Gasteiger partial charge in [-0.3, -0.25) is 0 Å². The molecule has 0 radical (unpaired) electrons. The van der Waals surface area contributed by atoms with Crippen LogP contribution in [0.25, 0.3) is 11.3 Å². The average molecular weight is 330 g/mol. The van der Waals surface area contributed by atoms with Crippen LogP contribution >= 0.6 is 27.5 Å². The largest absolute Gasteiger partial charge is 0.356 e. The second-order valence-electron chi connectivity index (χ2n) is 4.34. The van der Waals surface area contributed by atoms with Gasteiger partial charge >= 0.3 is 0 Å². The first-order valence-electron chi connectivity index (χ1n) is 5.70. The summed E-state index contributed by atoms with van der Waals surface area (Å²) in [6.07, 6.45) is 1.73. The first-order chi connectivity index (χ1) is 8.58. The molecule has 2 aromatic rings. The molecule has 2 rings (SSSR count). The number of hydrogen-bond acceptors (Lipinski definition) is 3. The molecule has 0 amide bonds. The molecule has 0 spiro atoms. The molecule has 0 aliphatic carbocycles. The maximum atomic E-state index is 6.22. The van der Waals surface area contributed by atoms with Gasteiger partial charge in [0.15, 0.2) is 5.76 Å². The van der Waals surface area contributed by atoms with Gasteiger partial charge < -0.3 is 9.84 Å². The Morgan fingerprint density at radius 3 is 2.89 bits per heavy atom. The van der Waals surface area contributed by atoms with E-state index in [1.54, 1.807) is 6.20 Å². The van der Waals surface area contributed by atoms with Gasteiger partial charge in [-0.05, 0) is 18.2 Å². The summed E-state index contributed by atoms with van der Waals surface area (Å²) in [6.45, 7) is 4.91. The van der Waals surface area contributed by atoms with Crippen molar-refractivity contribution in [1.82, 2.24) is 10.5 Å². The molecule has 0 unspecified atom stereocenters. The summed E-state index contributed by atoms with van der Waals surface area (Å²) < 4.78 is 6.26. The molecule has 0 aliphatic rings. The van der Waals surface area contributed by atoms with Gasteiger partial charge in [0, 0.05) is 28.2 Å². The molecule has 3 nitrogen and oxygen atoms in total. The fourth-order valence-corrected chi connectivity index (χ4v) is 2.35. The maximum absolute atomic E-state index is 6.22. The fourth-order valence-electron chi connectivity index (χ4n) is 1.60. The Bertz CT molecular complexity index is 540. The van der Waals surface area contributed by atoms with Crippen LogP contribution in [0.4, 0.5) is 0 Å². The second-order valence-corrected chi connectivity index (χ2v) is 5.66. The summed E-state index contributed by atoms with van der Waals surface area (Å²) >= 11 is 9.60. The van der Waals surface area contributed by atoms with E-state index in [1.807, 2.05) is 18.2 Å². The number of rotatable bonds is 4. The lowest BCUT2D eigenvalue weighted by molar-refractivity contribution is 0.431. The second kappa shape index (κ2) is 5.87. The molecule has 1 heterocycles. The number of hydrogen-bond donors (Lipinski definition) is 1. The molecular weight excluding hydrogens is 316 g/mol. The van der Waals surface area contributed by atoms with Crippen LogP contribution in [0.3, 0.4) is 0 Å². The Kier molecular flexibility index (Phi) is 4.43. The summed E-state index contributed by atoms with van der Waals surface area (Å²) in [5, 5.41) is 7.84. The zero-order chi connectivity index (χ0) is 13.1. The van der Waals surface area contributed by atoms with Crippen LogP contribution in [-0.2, 0) is 6.54 Å².